The molecule has 0 aliphatic carbocycles. The van der Waals surface area contributed by atoms with Gasteiger partial charge in [0.15, 0.2) is 0 Å². The van der Waals surface area contributed by atoms with Crippen LogP contribution >= 0.6 is 0 Å². The molecule has 1 amide bonds. The fourth-order valence-corrected chi connectivity index (χ4v) is 4.21. The minimum atomic E-state index is -0.849. The lowest BCUT2D eigenvalue weighted by Crippen LogP contribution is -2.45. The zero-order valence-electron chi connectivity index (χ0n) is 15.5. The lowest BCUT2D eigenvalue weighted by atomic mass is 9.88. The predicted molar refractivity (Wildman–Crippen MR) is 99.7 cm³/mol. The minimum absolute atomic E-state index is 0.213. The first-order valence-electron chi connectivity index (χ1n) is 9.59. The van der Waals surface area contributed by atoms with Gasteiger partial charge >= 0.3 is 6.09 Å². The van der Waals surface area contributed by atoms with Gasteiger partial charge in [-0.25, -0.2) is 4.79 Å². The molecule has 2 heterocycles. The molecule has 3 rings (SSSR count). The van der Waals surface area contributed by atoms with Crippen LogP contribution in [0.4, 0.5) is 4.79 Å². The van der Waals surface area contributed by atoms with Crippen LogP contribution in [0.2, 0.25) is 0 Å². The monoisotopic (exact) mass is 362 g/mol. The largest absolute Gasteiger partial charge is 0.497 e. The summed E-state index contributed by atoms with van der Waals surface area (Å²) in [5.74, 6) is 1.68. The number of likely N-dealkylation sites (tertiary alicyclic amines) is 2. The molecule has 2 aliphatic rings. The molecule has 6 heteroatoms. The van der Waals surface area contributed by atoms with Gasteiger partial charge in [0.25, 0.3) is 0 Å². The van der Waals surface area contributed by atoms with E-state index in [9.17, 15) is 9.90 Å². The average molecular weight is 362 g/mol. The van der Waals surface area contributed by atoms with Crippen molar-refractivity contribution in [2.24, 2.45) is 5.92 Å². The molecule has 0 radical (unpaired) electrons. The number of benzene rings is 1. The van der Waals surface area contributed by atoms with E-state index in [0.29, 0.717) is 25.6 Å². The summed E-state index contributed by atoms with van der Waals surface area (Å²) in [4.78, 5) is 14.8. The Bertz CT molecular complexity index is 576. The molecule has 6 nitrogen and oxygen atoms in total. The molecule has 1 aromatic rings. The van der Waals surface area contributed by atoms with E-state index in [0.717, 1.165) is 44.5 Å². The Kier molecular flexibility index (Phi) is 6.38. The van der Waals surface area contributed by atoms with Crippen molar-refractivity contribution >= 4 is 6.09 Å². The molecule has 0 saturated carbocycles. The third-order valence-electron chi connectivity index (χ3n) is 5.97. The van der Waals surface area contributed by atoms with Gasteiger partial charge in [0.1, 0.15) is 5.75 Å². The number of carbonyl (C=O) groups is 1. The van der Waals surface area contributed by atoms with E-state index in [4.69, 9.17) is 9.84 Å². The Morgan fingerprint density at radius 3 is 2.27 bits per heavy atom. The van der Waals surface area contributed by atoms with Gasteiger partial charge in [-0.05, 0) is 68.3 Å². The van der Waals surface area contributed by atoms with E-state index < -0.39 is 6.09 Å². The summed E-state index contributed by atoms with van der Waals surface area (Å²) < 4.78 is 5.22. The Labute approximate surface area is 155 Å². The summed E-state index contributed by atoms with van der Waals surface area (Å²) in [5.41, 5.74) is 1.37. The van der Waals surface area contributed by atoms with Gasteiger partial charge in [-0.1, -0.05) is 12.1 Å². The smallest absolute Gasteiger partial charge is 0.407 e. The lowest BCUT2D eigenvalue weighted by molar-refractivity contribution is 0.0266. The summed E-state index contributed by atoms with van der Waals surface area (Å²) >= 11 is 0. The fraction of sp³-hybridized carbons (Fsp3) is 0.650. The fourth-order valence-electron chi connectivity index (χ4n) is 4.21. The maximum absolute atomic E-state index is 11.0. The van der Waals surface area contributed by atoms with Gasteiger partial charge in [0.05, 0.1) is 13.2 Å². The number of piperidine rings is 2. The SMILES string of the molecule is COc1ccc(C2CCN(CC(O)C3CCN(C(=O)O)CC3)CC2)cc1. The van der Waals surface area contributed by atoms with Gasteiger partial charge in [0, 0.05) is 19.6 Å². The first kappa shape index (κ1) is 19.0. The van der Waals surface area contributed by atoms with E-state index in [-0.39, 0.29) is 12.0 Å². The number of β-amino-alcohol motifs (C(OH)–C–C–N with tert-alkyl or cyclic N) is 1. The van der Waals surface area contributed by atoms with Crippen molar-refractivity contribution in [1.29, 1.82) is 0 Å². The zero-order valence-corrected chi connectivity index (χ0v) is 15.5. The summed E-state index contributed by atoms with van der Waals surface area (Å²) in [6.45, 7) is 3.78. The van der Waals surface area contributed by atoms with E-state index in [1.54, 1.807) is 7.11 Å². The molecule has 144 valence electrons. The standard InChI is InChI=1S/C20H30N2O4/c1-26-18-4-2-15(3-5-18)16-6-10-21(11-7-16)14-19(23)17-8-12-22(13-9-17)20(24)25/h2-5,16-17,19,23H,6-14H2,1H3,(H,24,25). The molecule has 0 bridgehead atoms. The molecule has 26 heavy (non-hydrogen) atoms. The number of aliphatic hydroxyl groups is 1. The van der Waals surface area contributed by atoms with Crippen LogP contribution in [0.25, 0.3) is 0 Å². The molecule has 0 aromatic heterocycles. The normalized spacial score (nSPS) is 21.5. The topological polar surface area (TPSA) is 73.2 Å². The molecule has 2 aliphatic heterocycles. The molecule has 1 aromatic carbocycles. The second-order valence-electron chi connectivity index (χ2n) is 7.52. The van der Waals surface area contributed by atoms with Gasteiger partial charge < -0.3 is 24.7 Å². The molecule has 1 atom stereocenters. The van der Waals surface area contributed by atoms with Crippen LogP contribution in [0.1, 0.15) is 37.2 Å². The first-order chi connectivity index (χ1) is 12.6. The first-order valence-corrected chi connectivity index (χ1v) is 9.59. The van der Waals surface area contributed by atoms with Gasteiger partial charge in [-0.15, -0.1) is 0 Å². The molecule has 2 N–H and O–H groups in total. The quantitative estimate of drug-likeness (QED) is 0.842. The molecule has 0 spiro atoms. The average Bonchev–Trinajstić information content (AvgIpc) is 2.68. The number of carboxylic acid groups (broad SMARTS) is 1. The number of rotatable bonds is 5. The maximum Gasteiger partial charge on any atom is 0.407 e. The zero-order chi connectivity index (χ0) is 18.5. The molecule has 1 unspecified atom stereocenters. The summed E-state index contributed by atoms with van der Waals surface area (Å²) in [6, 6.07) is 8.36. The van der Waals surface area contributed by atoms with Gasteiger partial charge in [0.2, 0.25) is 0 Å². The van der Waals surface area contributed by atoms with Crippen LogP contribution in [0.3, 0.4) is 0 Å². The van der Waals surface area contributed by atoms with Gasteiger partial charge in [-0.2, -0.15) is 0 Å². The van der Waals surface area contributed by atoms with Crippen LogP contribution in [0.15, 0.2) is 24.3 Å². The maximum atomic E-state index is 11.0. The Morgan fingerprint density at radius 2 is 1.73 bits per heavy atom. The third-order valence-corrected chi connectivity index (χ3v) is 5.97. The number of hydrogen-bond donors (Lipinski definition) is 2. The van der Waals surface area contributed by atoms with Gasteiger partial charge in [-0.3, -0.25) is 0 Å². The predicted octanol–water partition coefficient (Wildman–Crippen LogP) is 2.63. The van der Waals surface area contributed by atoms with Crippen molar-refractivity contribution in [3.8, 4) is 5.75 Å². The van der Waals surface area contributed by atoms with Crippen LogP contribution in [-0.2, 0) is 0 Å². The highest BCUT2D eigenvalue weighted by molar-refractivity contribution is 5.64. The Morgan fingerprint density at radius 1 is 1.12 bits per heavy atom. The van der Waals surface area contributed by atoms with E-state index in [1.807, 2.05) is 12.1 Å². The van der Waals surface area contributed by atoms with Crippen molar-refractivity contribution < 1.29 is 19.7 Å². The minimum Gasteiger partial charge on any atom is -0.497 e. The van der Waals surface area contributed by atoms with Crippen molar-refractivity contribution in [3.05, 3.63) is 29.8 Å². The molecular formula is C20H30N2O4. The van der Waals surface area contributed by atoms with E-state index in [2.05, 4.69) is 17.0 Å². The highest BCUT2D eigenvalue weighted by Gasteiger charge is 2.29. The third kappa shape index (κ3) is 4.68. The number of nitrogens with zero attached hydrogens (tertiary/aromatic N) is 2. The van der Waals surface area contributed by atoms with E-state index >= 15 is 0 Å². The van der Waals surface area contributed by atoms with Crippen LogP contribution in [0.5, 0.6) is 5.75 Å². The Balaban J connectivity index is 1.42. The molecular weight excluding hydrogens is 332 g/mol. The summed E-state index contributed by atoms with van der Waals surface area (Å²) in [7, 11) is 1.68. The summed E-state index contributed by atoms with van der Waals surface area (Å²) in [6.07, 6.45) is 2.53. The van der Waals surface area contributed by atoms with Crippen molar-refractivity contribution in [3.63, 3.8) is 0 Å². The number of hydrogen-bond acceptors (Lipinski definition) is 4. The highest BCUT2D eigenvalue weighted by atomic mass is 16.5. The Hall–Kier alpha value is -1.79. The second-order valence-corrected chi connectivity index (χ2v) is 7.52. The van der Waals surface area contributed by atoms with Crippen LogP contribution in [-0.4, -0.2) is 72.0 Å². The lowest BCUT2D eigenvalue weighted by Gasteiger charge is -2.37. The number of aliphatic hydroxyl groups excluding tert-OH is 1. The highest BCUT2D eigenvalue weighted by Crippen LogP contribution is 2.30. The number of ether oxygens (including phenoxy) is 1. The van der Waals surface area contributed by atoms with Crippen LogP contribution in [0, 0.1) is 5.92 Å². The molecule has 2 saturated heterocycles. The van der Waals surface area contributed by atoms with E-state index in [1.165, 1.54) is 10.5 Å². The van der Waals surface area contributed by atoms with Crippen molar-refractivity contribution in [1.82, 2.24) is 9.80 Å². The molecule has 2 fully saturated rings. The van der Waals surface area contributed by atoms with Crippen molar-refractivity contribution in [2.45, 2.75) is 37.7 Å². The number of methoxy groups -OCH3 is 1. The van der Waals surface area contributed by atoms with Crippen molar-refractivity contribution in [2.75, 3.05) is 39.8 Å². The van der Waals surface area contributed by atoms with Crippen LogP contribution < -0.4 is 4.74 Å². The summed E-state index contributed by atoms with van der Waals surface area (Å²) in [5, 5.41) is 19.6. The second kappa shape index (κ2) is 8.73. The number of amides is 1.